The van der Waals surface area contributed by atoms with Gasteiger partial charge in [-0.2, -0.15) is 0 Å². The first-order valence-corrected chi connectivity index (χ1v) is 3.58. The summed E-state index contributed by atoms with van der Waals surface area (Å²) >= 11 is 0. The third kappa shape index (κ3) is 2.25. The van der Waals surface area contributed by atoms with Gasteiger partial charge in [0.2, 0.25) is 0 Å². The van der Waals surface area contributed by atoms with Crippen LogP contribution in [0.25, 0.3) is 0 Å². The Kier molecular flexibility index (Phi) is 1.99. The van der Waals surface area contributed by atoms with Gasteiger partial charge in [-0.05, 0) is 13.8 Å². The van der Waals surface area contributed by atoms with Crippen LogP contribution in [0, 0.1) is 0 Å². The molecule has 3 heteroatoms. The summed E-state index contributed by atoms with van der Waals surface area (Å²) in [6, 6.07) is 0. The molecule has 0 aliphatic carbocycles. The summed E-state index contributed by atoms with van der Waals surface area (Å²) in [5, 5.41) is 19.9. The molecule has 1 rings (SSSR count). The summed E-state index contributed by atoms with van der Waals surface area (Å²) in [5.74, 6) is 0. The van der Waals surface area contributed by atoms with E-state index in [1.165, 1.54) is 0 Å². The molecule has 0 aromatic carbocycles. The lowest BCUT2D eigenvalue weighted by Gasteiger charge is -2.37. The van der Waals surface area contributed by atoms with Crippen molar-refractivity contribution in [3.63, 3.8) is 0 Å². The van der Waals surface area contributed by atoms with E-state index >= 15 is 0 Å². The highest BCUT2D eigenvalue weighted by Crippen LogP contribution is 2.12. The van der Waals surface area contributed by atoms with E-state index in [-0.39, 0.29) is 0 Å². The summed E-state index contributed by atoms with van der Waals surface area (Å²) in [7, 11) is 0. The Morgan fingerprint density at radius 1 is 1.60 bits per heavy atom. The van der Waals surface area contributed by atoms with Gasteiger partial charge >= 0.3 is 0 Å². The van der Waals surface area contributed by atoms with E-state index in [9.17, 15) is 10.2 Å². The Labute approximate surface area is 61.3 Å². The molecule has 0 spiro atoms. The average molecular weight is 144 g/mol. The van der Waals surface area contributed by atoms with E-state index in [1.807, 2.05) is 4.90 Å². The Balaban J connectivity index is 2.16. The first-order valence-electron chi connectivity index (χ1n) is 3.58. The summed E-state index contributed by atoms with van der Waals surface area (Å²) in [5.41, 5.74) is -0.653. The Morgan fingerprint density at radius 3 is 2.40 bits per heavy atom. The van der Waals surface area contributed by atoms with Crippen LogP contribution in [0.2, 0.25) is 0 Å². The maximum absolute atomic E-state index is 10.6. The number of aliphatic hydroxyl groups is 1. The summed E-state index contributed by atoms with van der Waals surface area (Å²) in [6.07, 6.45) is -0.414. The molecule has 1 heterocycles. The molecule has 0 unspecified atom stereocenters. The van der Waals surface area contributed by atoms with Crippen molar-refractivity contribution in [2.24, 2.45) is 0 Å². The van der Waals surface area contributed by atoms with Crippen molar-refractivity contribution in [1.82, 2.24) is 4.90 Å². The van der Waals surface area contributed by atoms with Gasteiger partial charge in [0, 0.05) is 19.6 Å². The smallest absolute Gasteiger partial charge is 0.118 e. The highest BCUT2D eigenvalue weighted by molar-refractivity contribution is 4.83. The molecule has 1 saturated heterocycles. The van der Waals surface area contributed by atoms with Crippen LogP contribution in [-0.2, 0) is 5.11 Å². The number of β-amino-alcohol motifs (C(OH)–C–C–N with tert-alkyl or cyclic N) is 1. The molecule has 10 heavy (non-hydrogen) atoms. The fourth-order valence-electron chi connectivity index (χ4n) is 1.20. The van der Waals surface area contributed by atoms with Gasteiger partial charge in [0.25, 0.3) is 0 Å². The zero-order chi connectivity index (χ0) is 7.78. The second-order valence-corrected chi connectivity index (χ2v) is 3.63. The topological polar surface area (TPSA) is 43.4 Å². The minimum atomic E-state index is -0.653. The van der Waals surface area contributed by atoms with Gasteiger partial charge in [-0.15, -0.1) is 0 Å². The molecule has 0 saturated carbocycles. The number of likely N-dealkylation sites (tertiary alicyclic amines) is 1. The minimum Gasteiger partial charge on any atom is -0.389 e. The Bertz CT molecular complexity index is 113. The van der Waals surface area contributed by atoms with Gasteiger partial charge in [-0.1, -0.05) is 0 Å². The SMILES string of the molecule is CC(C)(O)CN1CC([O])C1. The van der Waals surface area contributed by atoms with Crippen LogP contribution in [0.1, 0.15) is 13.8 Å². The lowest BCUT2D eigenvalue weighted by molar-refractivity contribution is -0.0744. The van der Waals surface area contributed by atoms with Crippen molar-refractivity contribution in [3.8, 4) is 0 Å². The second kappa shape index (κ2) is 2.49. The molecule has 0 aromatic rings. The highest BCUT2D eigenvalue weighted by atomic mass is 16.3. The van der Waals surface area contributed by atoms with Crippen LogP contribution < -0.4 is 0 Å². The van der Waals surface area contributed by atoms with Crippen LogP contribution in [0.15, 0.2) is 0 Å². The average Bonchev–Trinajstić information content (AvgIpc) is 1.57. The molecule has 1 aliphatic rings. The van der Waals surface area contributed by atoms with E-state index in [2.05, 4.69) is 0 Å². The summed E-state index contributed by atoms with van der Waals surface area (Å²) in [4.78, 5) is 1.97. The maximum Gasteiger partial charge on any atom is 0.118 e. The van der Waals surface area contributed by atoms with Crippen LogP contribution in [0.3, 0.4) is 0 Å². The maximum atomic E-state index is 10.6. The van der Waals surface area contributed by atoms with Gasteiger partial charge in [-0.3, -0.25) is 4.90 Å². The largest absolute Gasteiger partial charge is 0.389 e. The van der Waals surface area contributed by atoms with E-state index in [0.29, 0.717) is 19.6 Å². The van der Waals surface area contributed by atoms with Crippen molar-refractivity contribution in [1.29, 1.82) is 0 Å². The molecule has 1 aliphatic heterocycles. The normalized spacial score (nSPS) is 22.8. The molecule has 0 bridgehead atoms. The molecule has 1 N–H and O–H groups in total. The number of hydrogen-bond donors (Lipinski definition) is 1. The van der Waals surface area contributed by atoms with Crippen molar-refractivity contribution in [2.75, 3.05) is 19.6 Å². The van der Waals surface area contributed by atoms with Gasteiger partial charge in [-0.25, -0.2) is 5.11 Å². The predicted molar refractivity (Wildman–Crippen MR) is 37.2 cm³/mol. The number of nitrogens with zero attached hydrogens (tertiary/aromatic N) is 1. The van der Waals surface area contributed by atoms with E-state index in [1.54, 1.807) is 13.8 Å². The van der Waals surface area contributed by atoms with Crippen LogP contribution in [0.4, 0.5) is 0 Å². The van der Waals surface area contributed by atoms with Gasteiger partial charge in [0.05, 0.1) is 5.60 Å². The molecular weight excluding hydrogens is 130 g/mol. The summed E-state index contributed by atoms with van der Waals surface area (Å²) < 4.78 is 0. The lowest BCUT2D eigenvalue weighted by atomic mass is 10.1. The van der Waals surface area contributed by atoms with E-state index in [0.717, 1.165) is 0 Å². The monoisotopic (exact) mass is 144 g/mol. The Morgan fingerprint density at radius 2 is 2.10 bits per heavy atom. The third-order valence-corrected chi connectivity index (χ3v) is 1.53. The van der Waals surface area contributed by atoms with Crippen molar-refractivity contribution in [2.45, 2.75) is 25.6 Å². The van der Waals surface area contributed by atoms with Crippen LogP contribution >= 0.6 is 0 Å². The molecule has 3 nitrogen and oxygen atoms in total. The zero-order valence-electron chi connectivity index (χ0n) is 6.50. The van der Waals surface area contributed by atoms with Crippen LogP contribution in [-0.4, -0.2) is 41.3 Å². The Hall–Kier alpha value is -0.120. The quantitative estimate of drug-likeness (QED) is 0.586. The van der Waals surface area contributed by atoms with Crippen molar-refractivity contribution >= 4 is 0 Å². The second-order valence-electron chi connectivity index (χ2n) is 3.63. The molecule has 1 fully saturated rings. The molecule has 0 amide bonds. The van der Waals surface area contributed by atoms with Crippen molar-refractivity contribution < 1.29 is 10.2 Å². The first kappa shape index (κ1) is 7.98. The highest BCUT2D eigenvalue weighted by Gasteiger charge is 2.29. The van der Waals surface area contributed by atoms with Gasteiger partial charge < -0.3 is 5.11 Å². The van der Waals surface area contributed by atoms with Crippen molar-refractivity contribution in [3.05, 3.63) is 0 Å². The lowest BCUT2D eigenvalue weighted by Crippen LogP contribution is -2.54. The predicted octanol–water partition coefficient (Wildman–Crippen LogP) is -0.128. The molecule has 0 atom stereocenters. The summed E-state index contributed by atoms with van der Waals surface area (Å²) in [6.45, 7) is 5.33. The van der Waals surface area contributed by atoms with Crippen LogP contribution in [0.5, 0.6) is 0 Å². The minimum absolute atomic E-state index is 0.414. The fraction of sp³-hybridized carbons (Fsp3) is 1.00. The van der Waals surface area contributed by atoms with Gasteiger partial charge in [0.1, 0.15) is 6.10 Å². The zero-order valence-corrected chi connectivity index (χ0v) is 6.50. The van der Waals surface area contributed by atoms with Gasteiger partial charge in [0.15, 0.2) is 0 Å². The molecular formula is C7H14NO2. The fourth-order valence-corrected chi connectivity index (χ4v) is 1.20. The standard InChI is InChI=1S/C7H14NO2/c1-7(2,10)5-8-3-6(9)4-8/h6,10H,3-5H2,1-2H3. The molecule has 1 radical (unpaired) electrons. The molecule has 59 valence electrons. The van der Waals surface area contributed by atoms with E-state index in [4.69, 9.17) is 0 Å². The van der Waals surface area contributed by atoms with E-state index < -0.39 is 11.7 Å². The molecule has 0 aromatic heterocycles. The third-order valence-electron chi connectivity index (χ3n) is 1.53. The number of rotatable bonds is 2. The number of hydrogen-bond acceptors (Lipinski definition) is 2. The first-order chi connectivity index (χ1) is 4.47.